The molecular weight excluding hydrogens is 370 g/mol. The van der Waals surface area contributed by atoms with Crippen molar-refractivity contribution in [3.63, 3.8) is 0 Å². The van der Waals surface area contributed by atoms with Crippen LogP contribution < -0.4 is 10.2 Å². The number of hydrogen-bond acceptors (Lipinski definition) is 5. The number of nitrogens with one attached hydrogen (secondary N) is 1. The molecule has 1 N–H and O–H groups in total. The highest BCUT2D eigenvalue weighted by atomic mass is 32.2. The normalized spacial score (nSPS) is 21.0. The molecule has 2 amide bonds. The van der Waals surface area contributed by atoms with Crippen LogP contribution in [0.5, 0.6) is 0 Å². The van der Waals surface area contributed by atoms with Gasteiger partial charge in [-0.3, -0.25) is 9.69 Å². The molecule has 8 nitrogen and oxygen atoms in total. The molecule has 1 aromatic rings. The first-order valence-corrected chi connectivity index (χ1v) is 10.6. The third kappa shape index (κ3) is 4.67. The van der Waals surface area contributed by atoms with Gasteiger partial charge in [0.1, 0.15) is 6.10 Å². The van der Waals surface area contributed by atoms with E-state index in [9.17, 15) is 18.0 Å². The Kier molecular flexibility index (Phi) is 5.52. The van der Waals surface area contributed by atoms with Crippen molar-refractivity contribution in [1.82, 2.24) is 9.62 Å². The lowest BCUT2D eigenvalue weighted by Gasteiger charge is -2.24. The Hall–Kier alpha value is -2.39. The van der Waals surface area contributed by atoms with Crippen LogP contribution in [0.2, 0.25) is 0 Å². The smallest absolute Gasteiger partial charge is 0.414 e. The van der Waals surface area contributed by atoms with E-state index in [0.717, 1.165) is 16.8 Å². The molecule has 1 fully saturated rings. The molecule has 27 heavy (non-hydrogen) atoms. The van der Waals surface area contributed by atoms with E-state index in [-0.39, 0.29) is 12.0 Å². The van der Waals surface area contributed by atoms with E-state index in [0.29, 0.717) is 32.6 Å². The van der Waals surface area contributed by atoms with Gasteiger partial charge in [0.25, 0.3) is 0 Å². The van der Waals surface area contributed by atoms with Crippen molar-refractivity contribution in [1.29, 1.82) is 0 Å². The van der Waals surface area contributed by atoms with Crippen molar-refractivity contribution in [2.24, 2.45) is 0 Å². The first kappa shape index (κ1) is 19.4. The van der Waals surface area contributed by atoms with Crippen LogP contribution in [-0.4, -0.2) is 63.3 Å². The Labute approximate surface area is 158 Å². The number of amides is 2. The molecule has 0 spiro atoms. The van der Waals surface area contributed by atoms with Gasteiger partial charge >= 0.3 is 6.09 Å². The highest BCUT2D eigenvalue weighted by Crippen LogP contribution is 2.27. The van der Waals surface area contributed by atoms with Gasteiger partial charge < -0.3 is 10.1 Å². The van der Waals surface area contributed by atoms with Crippen LogP contribution in [0.4, 0.5) is 10.5 Å². The molecule has 1 atom stereocenters. The molecule has 0 saturated carbocycles. The van der Waals surface area contributed by atoms with Gasteiger partial charge in [-0.25, -0.2) is 13.2 Å². The third-order valence-corrected chi connectivity index (χ3v) is 5.91. The molecule has 0 radical (unpaired) electrons. The number of rotatable bonds is 5. The molecule has 1 unspecified atom stereocenters. The van der Waals surface area contributed by atoms with Crippen LogP contribution in [-0.2, 0) is 19.6 Å². The predicted molar refractivity (Wildman–Crippen MR) is 102 cm³/mol. The molecule has 2 aliphatic rings. The van der Waals surface area contributed by atoms with Gasteiger partial charge in [0.2, 0.25) is 15.9 Å². The topological polar surface area (TPSA) is 96.0 Å². The van der Waals surface area contributed by atoms with E-state index in [4.69, 9.17) is 4.74 Å². The predicted octanol–water partition coefficient (Wildman–Crippen LogP) is 1.20. The zero-order valence-electron chi connectivity index (χ0n) is 15.3. The summed E-state index contributed by atoms with van der Waals surface area (Å²) in [6.07, 6.45) is 2.99. The number of benzene rings is 1. The summed E-state index contributed by atoms with van der Waals surface area (Å²) in [5.74, 6) is -0.163. The van der Waals surface area contributed by atoms with E-state index in [1.807, 2.05) is 30.3 Å². The van der Waals surface area contributed by atoms with Crippen LogP contribution in [0.1, 0.15) is 18.9 Å². The summed E-state index contributed by atoms with van der Waals surface area (Å²) in [7, 11) is -3.17. The fraction of sp³-hybridized carbons (Fsp3) is 0.444. The molecule has 2 heterocycles. The van der Waals surface area contributed by atoms with Crippen molar-refractivity contribution in [3.05, 3.63) is 35.9 Å². The Balaban J connectivity index is 1.65. The maximum atomic E-state index is 12.1. The number of nitrogens with zero attached hydrogens (tertiary/aromatic N) is 2. The minimum atomic E-state index is -3.17. The van der Waals surface area contributed by atoms with Gasteiger partial charge in [0.05, 0.1) is 19.3 Å². The van der Waals surface area contributed by atoms with Crippen molar-refractivity contribution in [3.8, 4) is 0 Å². The summed E-state index contributed by atoms with van der Waals surface area (Å²) in [5.41, 5.74) is 2.83. The maximum absolute atomic E-state index is 12.1. The summed E-state index contributed by atoms with van der Waals surface area (Å²) in [4.78, 5) is 24.6. The van der Waals surface area contributed by atoms with Gasteiger partial charge in [-0.15, -0.1) is 0 Å². The fourth-order valence-corrected chi connectivity index (χ4v) is 3.93. The summed E-state index contributed by atoms with van der Waals surface area (Å²) >= 11 is 0. The second-order valence-corrected chi connectivity index (χ2v) is 8.68. The van der Waals surface area contributed by atoms with Gasteiger partial charge in [-0.2, -0.15) is 4.31 Å². The minimum Gasteiger partial charge on any atom is -0.442 e. The molecule has 0 aliphatic carbocycles. The van der Waals surface area contributed by atoms with Gasteiger partial charge in [-0.05, 0) is 29.7 Å². The molecule has 1 saturated heterocycles. The number of cyclic esters (lactones) is 1. The summed E-state index contributed by atoms with van der Waals surface area (Å²) in [6.45, 7) is 2.93. The second kappa shape index (κ2) is 7.69. The van der Waals surface area contributed by atoms with E-state index >= 15 is 0 Å². The van der Waals surface area contributed by atoms with Crippen LogP contribution in [0.25, 0.3) is 5.57 Å². The molecule has 2 aliphatic heterocycles. The number of hydrogen-bond donors (Lipinski definition) is 1. The quantitative estimate of drug-likeness (QED) is 0.811. The Bertz CT molecular complexity index is 863. The van der Waals surface area contributed by atoms with Crippen LogP contribution in [0.3, 0.4) is 0 Å². The first-order chi connectivity index (χ1) is 12.7. The SMILES string of the molecule is CC(=O)NCC1CN(c2ccc(C3=CCN(S(C)(=O)=O)CC3)cc2)C(=O)O1. The Morgan fingerprint density at radius 1 is 1.30 bits per heavy atom. The fourth-order valence-electron chi connectivity index (χ4n) is 3.17. The number of anilines is 1. The van der Waals surface area contributed by atoms with E-state index in [1.165, 1.54) is 22.4 Å². The zero-order chi connectivity index (χ0) is 19.6. The van der Waals surface area contributed by atoms with Crippen molar-refractivity contribution in [2.45, 2.75) is 19.4 Å². The largest absolute Gasteiger partial charge is 0.442 e. The highest BCUT2D eigenvalue weighted by Gasteiger charge is 2.32. The standard InChI is InChI=1S/C18H23N3O5S/c1-13(22)19-11-17-12-21(18(23)26-17)16-5-3-14(4-6-16)15-7-9-20(10-8-15)27(2,24)25/h3-7,17H,8-12H2,1-2H3,(H,19,22). The van der Waals surface area contributed by atoms with Crippen LogP contribution in [0, 0.1) is 0 Å². The number of carbonyl (C=O) groups is 2. The molecule has 3 rings (SSSR count). The van der Waals surface area contributed by atoms with Crippen molar-refractivity contribution >= 4 is 33.3 Å². The molecule has 0 aromatic heterocycles. The van der Waals surface area contributed by atoms with E-state index in [2.05, 4.69) is 5.32 Å². The minimum absolute atomic E-state index is 0.163. The lowest BCUT2D eigenvalue weighted by molar-refractivity contribution is -0.119. The highest BCUT2D eigenvalue weighted by molar-refractivity contribution is 7.88. The molecule has 146 valence electrons. The van der Waals surface area contributed by atoms with Crippen molar-refractivity contribution < 1.29 is 22.7 Å². The molecular formula is C18H23N3O5S. The average molecular weight is 393 g/mol. The Morgan fingerprint density at radius 3 is 2.56 bits per heavy atom. The summed E-state index contributed by atoms with van der Waals surface area (Å²) < 4.78 is 29.9. The first-order valence-electron chi connectivity index (χ1n) is 8.71. The van der Waals surface area contributed by atoms with Gasteiger partial charge in [-0.1, -0.05) is 18.2 Å². The lowest BCUT2D eigenvalue weighted by Crippen LogP contribution is -2.33. The molecule has 0 bridgehead atoms. The van der Waals surface area contributed by atoms with Crippen molar-refractivity contribution in [2.75, 3.05) is 37.3 Å². The summed E-state index contributed by atoms with van der Waals surface area (Å²) in [5, 5.41) is 2.65. The van der Waals surface area contributed by atoms with E-state index < -0.39 is 16.1 Å². The maximum Gasteiger partial charge on any atom is 0.414 e. The summed E-state index contributed by atoms with van der Waals surface area (Å²) in [6, 6.07) is 7.54. The third-order valence-electron chi connectivity index (χ3n) is 4.64. The van der Waals surface area contributed by atoms with Crippen LogP contribution in [0.15, 0.2) is 30.3 Å². The number of carbonyl (C=O) groups excluding carboxylic acids is 2. The average Bonchev–Trinajstić information content (AvgIpc) is 3.00. The monoisotopic (exact) mass is 393 g/mol. The number of sulfonamides is 1. The lowest BCUT2D eigenvalue weighted by atomic mass is 10.00. The van der Waals surface area contributed by atoms with E-state index in [1.54, 1.807) is 0 Å². The zero-order valence-corrected chi connectivity index (χ0v) is 16.2. The van der Waals surface area contributed by atoms with Crippen LogP contribution >= 0.6 is 0 Å². The molecule has 9 heteroatoms. The van der Waals surface area contributed by atoms with Gasteiger partial charge in [0.15, 0.2) is 0 Å². The van der Waals surface area contributed by atoms with Gasteiger partial charge in [0, 0.05) is 25.7 Å². The second-order valence-electron chi connectivity index (χ2n) is 6.70. The Morgan fingerprint density at radius 2 is 2.00 bits per heavy atom. The number of ether oxygens (including phenoxy) is 1. The molecule has 1 aromatic carbocycles.